The second-order valence-corrected chi connectivity index (χ2v) is 6.21. The number of aryl methyl sites for hydroxylation is 2. The smallest absolute Gasteiger partial charge is 0.229 e. The van der Waals surface area contributed by atoms with Gasteiger partial charge in [0.15, 0.2) is 0 Å². The van der Waals surface area contributed by atoms with Gasteiger partial charge in [-0.25, -0.2) is 0 Å². The van der Waals surface area contributed by atoms with E-state index in [1.54, 1.807) is 4.68 Å². The van der Waals surface area contributed by atoms with Crippen molar-refractivity contribution in [1.82, 2.24) is 15.1 Å². The van der Waals surface area contributed by atoms with E-state index in [9.17, 15) is 4.79 Å². The Labute approximate surface area is 137 Å². The molecule has 5 nitrogen and oxygen atoms in total. The molecule has 3 rings (SSSR count). The summed E-state index contributed by atoms with van der Waals surface area (Å²) in [5.41, 5.74) is 3.27. The Hall–Kier alpha value is -2.14. The Morgan fingerprint density at radius 3 is 2.96 bits per heavy atom. The number of hydrogen-bond acceptors (Lipinski definition) is 3. The first-order valence-corrected chi connectivity index (χ1v) is 8.27. The molecule has 1 aromatic heterocycles. The van der Waals surface area contributed by atoms with Crippen LogP contribution in [0.3, 0.4) is 0 Å². The molecule has 0 saturated carbocycles. The van der Waals surface area contributed by atoms with E-state index in [1.165, 1.54) is 5.56 Å². The molecule has 1 saturated heterocycles. The zero-order valence-corrected chi connectivity index (χ0v) is 13.7. The Bertz CT molecular complexity index is 679. The standard InChI is InChI=1S/C18H24N4O/c1-3-6-13-7-4-5-8-17(13)21-18(23)16-11-19-10-15(16)14-9-20-22(2)12-14/h4-5,7-9,12,15-16,19H,3,6,10-11H2,1-2H3,(H,21,23)/t15-,16+/m1/s1. The molecule has 122 valence electrons. The highest BCUT2D eigenvalue weighted by Crippen LogP contribution is 2.29. The largest absolute Gasteiger partial charge is 0.326 e. The van der Waals surface area contributed by atoms with Crippen molar-refractivity contribution in [2.24, 2.45) is 13.0 Å². The lowest BCUT2D eigenvalue weighted by molar-refractivity contribution is -0.119. The third-order valence-electron chi connectivity index (χ3n) is 4.50. The number of amides is 1. The van der Waals surface area contributed by atoms with Gasteiger partial charge in [-0.2, -0.15) is 5.10 Å². The van der Waals surface area contributed by atoms with Crippen LogP contribution in [0.1, 0.15) is 30.4 Å². The molecule has 2 aromatic rings. The summed E-state index contributed by atoms with van der Waals surface area (Å²) in [5, 5.41) is 10.7. The van der Waals surface area contributed by atoms with Crippen LogP contribution in [0.15, 0.2) is 36.7 Å². The van der Waals surface area contributed by atoms with Gasteiger partial charge in [-0.3, -0.25) is 9.48 Å². The maximum absolute atomic E-state index is 12.8. The van der Waals surface area contributed by atoms with Gasteiger partial charge in [0, 0.05) is 37.9 Å². The molecular formula is C18H24N4O. The van der Waals surface area contributed by atoms with Crippen LogP contribution in [0.5, 0.6) is 0 Å². The van der Waals surface area contributed by atoms with Crippen molar-refractivity contribution in [2.75, 3.05) is 18.4 Å². The summed E-state index contributed by atoms with van der Waals surface area (Å²) in [6.07, 6.45) is 5.91. The maximum Gasteiger partial charge on any atom is 0.229 e. The molecule has 0 radical (unpaired) electrons. The number of benzene rings is 1. The average molecular weight is 312 g/mol. The van der Waals surface area contributed by atoms with E-state index < -0.39 is 0 Å². The second-order valence-electron chi connectivity index (χ2n) is 6.21. The minimum absolute atomic E-state index is 0.0612. The predicted octanol–water partition coefficient (Wildman–Crippen LogP) is 2.31. The second kappa shape index (κ2) is 6.96. The average Bonchev–Trinajstić information content (AvgIpc) is 3.18. The van der Waals surface area contributed by atoms with Gasteiger partial charge < -0.3 is 10.6 Å². The van der Waals surface area contributed by atoms with Crippen molar-refractivity contribution in [3.05, 3.63) is 47.8 Å². The molecule has 1 amide bonds. The third kappa shape index (κ3) is 3.45. The van der Waals surface area contributed by atoms with Crippen LogP contribution in [0.2, 0.25) is 0 Å². The number of rotatable bonds is 5. The summed E-state index contributed by atoms with van der Waals surface area (Å²) in [6.45, 7) is 3.68. The molecule has 0 aliphatic carbocycles. The summed E-state index contributed by atoms with van der Waals surface area (Å²) in [7, 11) is 1.90. The number of carbonyl (C=O) groups excluding carboxylic acids is 1. The Morgan fingerprint density at radius 2 is 2.22 bits per heavy atom. The van der Waals surface area contributed by atoms with E-state index in [4.69, 9.17) is 0 Å². The lowest BCUT2D eigenvalue weighted by Gasteiger charge is -2.18. The van der Waals surface area contributed by atoms with Gasteiger partial charge in [0.25, 0.3) is 0 Å². The van der Waals surface area contributed by atoms with Crippen LogP contribution >= 0.6 is 0 Å². The van der Waals surface area contributed by atoms with Crippen LogP contribution in [0.4, 0.5) is 5.69 Å². The molecule has 0 spiro atoms. The van der Waals surface area contributed by atoms with Crippen LogP contribution in [-0.4, -0.2) is 28.8 Å². The minimum atomic E-state index is -0.0612. The highest BCUT2D eigenvalue weighted by molar-refractivity contribution is 5.94. The van der Waals surface area contributed by atoms with E-state index in [0.29, 0.717) is 6.54 Å². The fourth-order valence-corrected chi connectivity index (χ4v) is 3.29. The molecule has 2 N–H and O–H groups in total. The van der Waals surface area contributed by atoms with Gasteiger partial charge in [-0.05, 0) is 23.6 Å². The fourth-order valence-electron chi connectivity index (χ4n) is 3.29. The molecule has 23 heavy (non-hydrogen) atoms. The zero-order chi connectivity index (χ0) is 16.2. The molecular weight excluding hydrogens is 288 g/mol. The van der Waals surface area contributed by atoms with Crippen molar-refractivity contribution in [2.45, 2.75) is 25.7 Å². The van der Waals surface area contributed by atoms with Gasteiger partial charge in [0.1, 0.15) is 0 Å². The zero-order valence-electron chi connectivity index (χ0n) is 13.7. The molecule has 1 aliphatic rings. The van der Waals surface area contributed by atoms with Crippen molar-refractivity contribution in [3.63, 3.8) is 0 Å². The van der Waals surface area contributed by atoms with Crippen LogP contribution in [0.25, 0.3) is 0 Å². The van der Waals surface area contributed by atoms with E-state index in [2.05, 4.69) is 28.7 Å². The Balaban J connectivity index is 1.75. The van der Waals surface area contributed by atoms with Crippen molar-refractivity contribution in [3.8, 4) is 0 Å². The van der Waals surface area contributed by atoms with Crippen molar-refractivity contribution < 1.29 is 4.79 Å². The van der Waals surface area contributed by atoms with Crippen molar-refractivity contribution in [1.29, 1.82) is 0 Å². The number of para-hydroxylation sites is 1. The highest BCUT2D eigenvalue weighted by Gasteiger charge is 2.34. The van der Waals surface area contributed by atoms with E-state index in [-0.39, 0.29) is 17.7 Å². The molecule has 0 unspecified atom stereocenters. The minimum Gasteiger partial charge on any atom is -0.326 e. The molecule has 1 aromatic carbocycles. The van der Waals surface area contributed by atoms with Gasteiger partial charge in [0.05, 0.1) is 12.1 Å². The molecule has 2 heterocycles. The van der Waals surface area contributed by atoms with Gasteiger partial charge in [-0.15, -0.1) is 0 Å². The van der Waals surface area contributed by atoms with Crippen LogP contribution in [0, 0.1) is 5.92 Å². The number of carbonyl (C=O) groups is 1. The van der Waals surface area contributed by atoms with Crippen molar-refractivity contribution >= 4 is 11.6 Å². The fraction of sp³-hybridized carbons (Fsp3) is 0.444. The number of anilines is 1. The number of hydrogen-bond donors (Lipinski definition) is 2. The quantitative estimate of drug-likeness (QED) is 0.891. The van der Waals surface area contributed by atoms with E-state index in [0.717, 1.165) is 30.6 Å². The van der Waals surface area contributed by atoms with Crippen LogP contribution < -0.4 is 10.6 Å². The predicted molar refractivity (Wildman–Crippen MR) is 91.4 cm³/mol. The Kier molecular flexibility index (Phi) is 4.76. The summed E-state index contributed by atoms with van der Waals surface area (Å²) < 4.78 is 1.79. The monoisotopic (exact) mass is 312 g/mol. The topological polar surface area (TPSA) is 59.0 Å². The van der Waals surface area contributed by atoms with Gasteiger partial charge in [-0.1, -0.05) is 31.5 Å². The first kappa shape index (κ1) is 15.7. The number of nitrogens with zero attached hydrogens (tertiary/aromatic N) is 2. The van der Waals surface area contributed by atoms with E-state index in [1.807, 2.05) is 37.6 Å². The molecule has 2 atom stereocenters. The van der Waals surface area contributed by atoms with Crippen LogP contribution in [-0.2, 0) is 18.3 Å². The Morgan fingerprint density at radius 1 is 1.39 bits per heavy atom. The molecule has 5 heteroatoms. The normalized spacial score (nSPS) is 20.6. The summed E-state index contributed by atoms with van der Waals surface area (Å²) >= 11 is 0. The lowest BCUT2D eigenvalue weighted by Crippen LogP contribution is -2.28. The molecule has 1 fully saturated rings. The third-order valence-corrected chi connectivity index (χ3v) is 4.50. The summed E-state index contributed by atoms with van der Waals surface area (Å²) in [4.78, 5) is 12.8. The number of aromatic nitrogens is 2. The van der Waals surface area contributed by atoms with Gasteiger partial charge in [0.2, 0.25) is 5.91 Å². The lowest BCUT2D eigenvalue weighted by atomic mass is 9.90. The molecule has 1 aliphatic heterocycles. The highest BCUT2D eigenvalue weighted by atomic mass is 16.2. The first-order valence-electron chi connectivity index (χ1n) is 8.27. The molecule has 0 bridgehead atoms. The summed E-state index contributed by atoms with van der Waals surface area (Å²) in [6, 6.07) is 8.07. The number of nitrogens with one attached hydrogen (secondary N) is 2. The van der Waals surface area contributed by atoms with E-state index >= 15 is 0 Å². The van der Waals surface area contributed by atoms with Gasteiger partial charge >= 0.3 is 0 Å². The summed E-state index contributed by atoms with van der Waals surface area (Å²) in [5.74, 6) is 0.211. The SMILES string of the molecule is CCCc1ccccc1NC(=O)[C@H]1CNC[C@@H]1c1cnn(C)c1. The maximum atomic E-state index is 12.8. The first-order chi connectivity index (χ1) is 11.2.